The van der Waals surface area contributed by atoms with Crippen LogP contribution in [-0.2, 0) is 0 Å². The van der Waals surface area contributed by atoms with E-state index in [1.54, 1.807) is 24.3 Å². The van der Waals surface area contributed by atoms with E-state index >= 15 is 0 Å². The molecule has 0 saturated carbocycles. The molecule has 4 aromatic rings. The van der Waals surface area contributed by atoms with Crippen LogP contribution in [-0.4, -0.2) is 5.79 Å². The molecular formula is C29H30N2O4. The van der Waals surface area contributed by atoms with Gasteiger partial charge in [-0.2, -0.15) is 0 Å². The molecule has 0 aliphatic heterocycles. The van der Waals surface area contributed by atoms with Crippen molar-refractivity contribution in [1.82, 2.24) is 0 Å². The molecule has 4 N–H and O–H groups in total. The van der Waals surface area contributed by atoms with Crippen molar-refractivity contribution in [3.8, 4) is 34.5 Å². The van der Waals surface area contributed by atoms with E-state index < -0.39 is 5.79 Å². The second kappa shape index (κ2) is 10.7. The zero-order valence-corrected chi connectivity index (χ0v) is 19.9. The number of ether oxygens (including phenoxy) is 4. The molecule has 0 saturated heterocycles. The van der Waals surface area contributed by atoms with Gasteiger partial charge in [0.05, 0.1) is 0 Å². The summed E-state index contributed by atoms with van der Waals surface area (Å²) in [4.78, 5) is 0. The summed E-state index contributed by atoms with van der Waals surface area (Å²) in [6.07, 6.45) is 1.33. The van der Waals surface area contributed by atoms with Gasteiger partial charge in [-0.25, -0.2) is 0 Å². The van der Waals surface area contributed by atoms with E-state index in [9.17, 15) is 0 Å². The lowest BCUT2D eigenvalue weighted by molar-refractivity contribution is -0.118. The van der Waals surface area contributed by atoms with Gasteiger partial charge in [-0.15, -0.1) is 0 Å². The van der Waals surface area contributed by atoms with Gasteiger partial charge in [0.15, 0.2) is 0 Å². The Hall–Kier alpha value is -4.32. The zero-order chi connectivity index (χ0) is 24.7. The first-order valence-electron chi connectivity index (χ1n) is 11.6. The highest BCUT2D eigenvalue weighted by Crippen LogP contribution is 2.32. The average molecular weight is 471 g/mol. The Bertz CT molecular complexity index is 1110. The summed E-state index contributed by atoms with van der Waals surface area (Å²) in [6, 6.07) is 29.5. The van der Waals surface area contributed by atoms with Gasteiger partial charge in [0.1, 0.15) is 34.5 Å². The van der Waals surface area contributed by atoms with Crippen molar-refractivity contribution in [2.45, 2.75) is 32.5 Å². The lowest BCUT2D eigenvalue weighted by Gasteiger charge is -2.33. The molecule has 180 valence electrons. The van der Waals surface area contributed by atoms with E-state index in [2.05, 4.69) is 0 Å². The summed E-state index contributed by atoms with van der Waals surface area (Å²) in [5, 5.41) is 0. The van der Waals surface area contributed by atoms with Gasteiger partial charge in [-0.3, -0.25) is 0 Å². The number of anilines is 2. The van der Waals surface area contributed by atoms with Crippen molar-refractivity contribution in [2.75, 3.05) is 11.5 Å². The average Bonchev–Trinajstić information content (AvgIpc) is 2.88. The predicted molar refractivity (Wildman–Crippen MR) is 139 cm³/mol. The molecule has 35 heavy (non-hydrogen) atoms. The van der Waals surface area contributed by atoms with Crippen LogP contribution in [0.4, 0.5) is 11.4 Å². The fraction of sp³-hybridized carbons (Fsp3) is 0.172. The summed E-state index contributed by atoms with van der Waals surface area (Å²) in [5.41, 5.74) is 12.8. The Labute approximate surface area is 206 Å². The topological polar surface area (TPSA) is 89.0 Å². The van der Waals surface area contributed by atoms with Gasteiger partial charge in [-0.05, 0) is 97.1 Å². The Balaban J connectivity index is 1.40. The van der Waals surface area contributed by atoms with Crippen LogP contribution < -0.4 is 30.4 Å². The Kier molecular flexibility index (Phi) is 7.31. The van der Waals surface area contributed by atoms with Gasteiger partial charge in [-0.1, -0.05) is 13.8 Å². The van der Waals surface area contributed by atoms with E-state index in [1.165, 1.54) is 0 Å². The van der Waals surface area contributed by atoms with Crippen molar-refractivity contribution in [2.24, 2.45) is 0 Å². The second-order valence-electron chi connectivity index (χ2n) is 8.11. The Morgan fingerprint density at radius 1 is 0.457 bits per heavy atom. The molecule has 4 aromatic carbocycles. The molecule has 6 nitrogen and oxygen atoms in total. The molecule has 6 heteroatoms. The van der Waals surface area contributed by atoms with E-state index in [1.807, 2.05) is 86.6 Å². The molecule has 0 aliphatic rings. The largest absolute Gasteiger partial charge is 0.457 e. The fourth-order valence-electron chi connectivity index (χ4n) is 3.48. The molecule has 0 fully saturated rings. The molecule has 0 bridgehead atoms. The zero-order valence-electron chi connectivity index (χ0n) is 19.9. The Morgan fingerprint density at radius 2 is 0.714 bits per heavy atom. The highest BCUT2D eigenvalue weighted by atomic mass is 16.7. The standard InChI is InChI=1S/C29H30N2O4/c1-3-29(4-2,34-27-17-13-25(14-18-27)32-23-9-5-21(30)6-10-23)35-28-19-15-26(16-20-28)33-24-11-7-22(31)8-12-24/h5-20H,3-4,30-31H2,1-2H3. The maximum Gasteiger partial charge on any atom is 0.250 e. The summed E-state index contributed by atoms with van der Waals surface area (Å²) >= 11 is 0. The van der Waals surface area contributed by atoms with Crippen LogP contribution in [0.2, 0.25) is 0 Å². The van der Waals surface area contributed by atoms with Crippen LogP contribution in [0.15, 0.2) is 97.1 Å². The molecule has 0 spiro atoms. The van der Waals surface area contributed by atoms with Crippen molar-refractivity contribution in [3.63, 3.8) is 0 Å². The van der Waals surface area contributed by atoms with Crippen LogP contribution in [0, 0.1) is 0 Å². The molecule has 4 rings (SSSR count). The lowest BCUT2D eigenvalue weighted by atomic mass is 10.1. The van der Waals surface area contributed by atoms with Crippen molar-refractivity contribution < 1.29 is 18.9 Å². The second-order valence-corrected chi connectivity index (χ2v) is 8.11. The third kappa shape index (κ3) is 6.38. The quantitative estimate of drug-likeness (QED) is 0.185. The van der Waals surface area contributed by atoms with Gasteiger partial charge < -0.3 is 30.4 Å². The summed E-state index contributed by atoms with van der Waals surface area (Å²) in [5.74, 6) is 3.44. The molecule has 0 aromatic heterocycles. The first-order valence-corrected chi connectivity index (χ1v) is 11.6. The van der Waals surface area contributed by atoms with Crippen LogP contribution in [0.1, 0.15) is 26.7 Å². The van der Waals surface area contributed by atoms with Crippen LogP contribution in [0.5, 0.6) is 34.5 Å². The number of benzene rings is 4. The monoisotopic (exact) mass is 470 g/mol. The van der Waals surface area contributed by atoms with Crippen LogP contribution in [0.25, 0.3) is 0 Å². The number of nitrogens with two attached hydrogens (primary N) is 2. The minimum atomic E-state index is -0.807. The summed E-state index contributed by atoms with van der Waals surface area (Å²) in [6.45, 7) is 4.08. The minimum Gasteiger partial charge on any atom is -0.457 e. The minimum absolute atomic E-state index is 0.664. The normalized spacial score (nSPS) is 11.0. The van der Waals surface area contributed by atoms with Crippen LogP contribution >= 0.6 is 0 Å². The maximum atomic E-state index is 6.33. The van der Waals surface area contributed by atoms with E-state index in [0.717, 1.165) is 11.5 Å². The molecule has 0 heterocycles. The van der Waals surface area contributed by atoms with Gasteiger partial charge >= 0.3 is 0 Å². The van der Waals surface area contributed by atoms with Crippen molar-refractivity contribution in [1.29, 1.82) is 0 Å². The SMILES string of the molecule is CCC(CC)(Oc1ccc(Oc2ccc(N)cc2)cc1)Oc1ccc(Oc2ccc(N)cc2)cc1. The molecule has 0 aliphatic carbocycles. The third-order valence-electron chi connectivity index (χ3n) is 5.56. The third-order valence-corrected chi connectivity index (χ3v) is 5.56. The molecule has 0 unspecified atom stereocenters. The summed E-state index contributed by atoms with van der Waals surface area (Å²) in [7, 11) is 0. The first kappa shape index (κ1) is 23.8. The molecule has 0 atom stereocenters. The highest BCUT2D eigenvalue weighted by Gasteiger charge is 2.31. The van der Waals surface area contributed by atoms with E-state index in [0.29, 0.717) is 47.2 Å². The predicted octanol–water partition coefficient (Wildman–Crippen LogP) is 7.41. The number of hydrogen-bond donors (Lipinski definition) is 2. The van der Waals surface area contributed by atoms with Gasteiger partial charge in [0.25, 0.3) is 5.79 Å². The number of rotatable bonds is 10. The van der Waals surface area contributed by atoms with Gasteiger partial charge in [0, 0.05) is 24.2 Å². The van der Waals surface area contributed by atoms with Crippen molar-refractivity contribution in [3.05, 3.63) is 97.1 Å². The first-order chi connectivity index (χ1) is 17.0. The summed E-state index contributed by atoms with van der Waals surface area (Å²) < 4.78 is 24.4. The molecular weight excluding hydrogens is 440 g/mol. The van der Waals surface area contributed by atoms with Crippen molar-refractivity contribution >= 4 is 11.4 Å². The smallest absolute Gasteiger partial charge is 0.250 e. The lowest BCUT2D eigenvalue weighted by Crippen LogP contribution is -2.41. The van der Waals surface area contributed by atoms with Crippen LogP contribution in [0.3, 0.4) is 0 Å². The number of hydrogen-bond acceptors (Lipinski definition) is 6. The number of nitrogen functional groups attached to an aromatic ring is 2. The van der Waals surface area contributed by atoms with E-state index in [4.69, 9.17) is 30.4 Å². The maximum absolute atomic E-state index is 6.33. The molecule has 0 amide bonds. The fourth-order valence-corrected chi connectivity index (χ4v) is 3.48. The van der Waals surface area contributed by atoms with E-state index in [-0.39, 0.29) is 0 Å². The van der Waals surface area contributed by atoms with Gasteiger partial charge in [0.2, 0.25) is 0 Å². The Morgan fingerprint density at radius 3 is 1.00 bits per heavy atom. The highest BCUT2D eigenvalue weighted by molar-refractivity contribution is 5.44. The molecule has 0 radical (unpaired) electrons.